The molecule has 0 spiro atoms. The van der Waals surface area contributed by atoms with Gasteiger partial charge in [-0.2, -0.15) is 0 Å². The van der Waals surface area contributed by atoms with Crippen LogP contribution in [0.25, 0.3) is 22.2 Å². The quantitative estimate of drug-likeness (QED) is 0.284. The van der Waals surface area contributed by atoms with Gasteiger partial charge in [-0.3, -0.25) is 9.78 Å². The number of nitrogens with zero attached hydrogens (tertiary/aromatic N) is 2. The predicted octanol–water partition coefficient (Wildman–Crippen LogP) is 4.36. The Morgan fingerprint density at radius 2 is 1.53 bits per heavy atom. The number of hydrogen-bond donors (Lipinski definition) is 0. The monoisotopic (exact) mass is 458 g/mol. The number of carbonyl (C=O) groups excluding carboxylic acids is 2. The van der Waals surface area contributed by atoms with E-state index in [2.05, 4.69) is 9.97 Å². The van der Waals surface area contributed by atoms with Crippen LogP contribution in [0, 0.1) is 0 Å². The molecule has 0 saturated carbocycles. The van der Waals surface area contributed by atoms with Gasteiger partial charge in [0.2, 0.25) is 11.5 Å². The minimum Gasteiger partial charge on any atom is -0.493 e. The van der Waals surface area contributed by atoms with Gasteiger partial charge in [-0.05, 0) is 36.4 Å². The van der Waals surface area contributed by atoms with E-state index in [1.807, 2.05) is 18.2 Å². The first-order valence-electron chi connectivity index (χ1n) is 10.4. The Morgan fingerprint density at radius 3 is 2.18 bits per heavy atom. The van der Waals surface area contributed by atoms with Crippen LogP contribution >= 0.6 is 0 Å². The number of Topliss-reactive ketones (excluding diaryl/α,β-unsaturated/α-hetero) is 1. The number of esters is 1. The molecule has 8 nitrogen and oxygen atoms in total. The van der Waals surface area contributed by atoms with Gasteiger partial charge in [0.15, 0.2) is 18.1 Å². The topological polar surface area (TPSA) is 96.8 Å². The zero-order valence-corrected chi connectivity index (χ0v) is 18.9. The zero-order valence-electron chi connectivity index (χ0n) is 18.9. The number of benzene rings is 2. The van der Waals surface area contributed by atoms with E-state index in [4.69, 9.17) is 18.9 Å². The molecule has 2 heterocycles. The molecule has 0 fully saturated rings. The molecule has 34 heavy (non-hydrogen) atoms. The van der Waals surface area contributed by atoms with E-state index in [1.54, 1.807) is 36.7 Å². The molecule has 0 saturated heterocycles. The third-order valence-electron chi connectivity index (χ3n) is 5.23. The molecule has 0 atom stereocenters. The number of rotatable bonds is 8. The summed E-state index contributed by atoms with van der Waals surface area (Å²) >= 11 is 0. The van der Waals surface area contributed by atoms with Gasteiger partial charge >= 0.3 is 5.97 Å². The van der Waals surface area contributed by atoms with E-state index in [9.17, 15) is 9.59 Å². The summed E-state index contributed by atoms with van der Waals surface area (Å²) in [4.78, 5) is 34.5. The average molecular weight is 458 g/mol. The maximum Gasteiger partial charge on any atom is 0.339 e. The molecule has 172 valence electrons. The number of carbonyl (C=O) groups is 2. The Balaban J connectivity index is 1.61. The van der Waals surface area contributed by atoms with Crippen LogP contribution in [0.1, 0.15) is 20.7 Å². The lowest BCUT2D eigenvalue weighted by molar-refractivity contribution is 0.0476. The Labute approximate surface area is 196 Å². The fourth-order valence-corrected chi connectivity index (χ4v) is 3.55. The lowest BCUT2D eigenvalue weighted by Crippen LogP contribution is -2.15. The second-order valence-corrected chi connectivity index (χ2v) is 7.22. The number of hydrogen-bond acceptors (Lipinski definition) is 8. The summed E-state index contributed by atoms with van der Waals surface area (Å²) in [7, 11) is 4.39. The molecule has 4 aromatic rings. The van der Waals surface area contributed by atoms with Crippen LogP contribution in [0.5, 0.6) is 17.2 Å². The Morgan fingerprint density at radius 1 is 0.853 bits per heavy atom. The van der Waals surface area contributed by atoms with Crippen molar-refractivity contribution in [1.82, 2.24) is 9.97 Å². The van der Waals surface area contributed by atoms with Gasteiger partial charge in [-0.1, -0.05) is 18.2 Å². The highest BCUT2D eigenvalue weighted by atomic mass is 16.5. The highest BCUT2D eigenvalue weighted by molar-refractivity contribution is 6.06. The summed E-state index contributed by atoms with van der Waals surface area (Å²) in [5, 5.41) is 0.630. The lowest BCUT2D eigenvalue weighted by atomic mass is 10.0. The van der Waals surface area contributed by atoms with Gasteiger partial charge < -0.3 is 18.9 Å². The van der Waals surface area contributed by atoms with Crippen molar-refractivity contribution >= 4 is 22.7 Å². The normalized spacial score (nSPS) is 10.6. The molecule has 0 aliphatic heterocycles. The zero-order chi connectivity index (χ0) is 24.1. The lowest BCUT2D eigenvalue weighted by Gasteiger charge is -2.14. The van der Waals surface area contributed by atoms with E-state index in [-0.39, 0.29) is 5.56 Å². The van der Waals surface area contributed by atoms with E-state index in [0.717, 1.165) is 5.56 Å². The standard InChI is InChI=1S/C26H22N2O6/c1-31-23-12-17(13-24(32-2)25(23)33-3)22(29)15-34-26(30)19-14-21(16-8-10-27-11-9-16)28-20-7-5-4-6-18(19)20/h4-14H,15H2,1-3H3. The largest absolute Gasteiger partial charge is 0.493 e. The summed E-state index contributed by atoms with van der Waals surface area (Å²) in [6.45, 7) is -0.460. The number of methoxy groups -OCH3 is 3. The Bertz CT molecular complexity index is 1330. The number of aromatic nitrogens is 2. The molecular formula is C26H22N2O6. The fourth-order valence-electron chi connectivity index (χ4n) is 3.55. The maximum absolute atomic E-state index is 13.0. The second-order valence-electron chi connectivity index (χ2n) is 7.22. The van der Waals surface area contributed by atoms with Gasteiger partial charge in [-0.15, -0.1) is 0 Å². The summed E-state index contributed by atoms with van der Waals surface area (Å²) in [6.07, 6.45) is 3.31. The van der Waals surface area contributed by atoms with Crippen LogP contribution in [0.15, 0.2) is 67.0 Å². The van der Waals surface area contributed by atoms with E-state index >= 15 is 0 Å². The van der Waals surface area contributed by atoms with Crippen molar-refractivity contribution in [2.24, 2.45) is 0 Å². The number of ether oxygens (including phenoxy) is 4. The van der Waals surface area contributed by atoms with Crippen LogP contribution in [0.3, 0.4) is 0 Å². The van der Waals surface area contributed by atoms with Crippen LogP contribution in [-0.2, 0) is 4.74 Å². The van der Waals surface area contributed by atoms with Crippen LogP contribution in [0.2, 0.25) is 0 Å². The molecule has 0 unspecified atom stereocenters. The number of pyridine rings is 2. The fraction of sp³-hybridized carbons (Fsp3) is 0.154. The minimum atomic E-state index is -0.630. The third kappa shape index (κ3) is 4.52. The molecule has 0 amide bonds. The van der Waals surface area contributed by atoms with Crippen molar-refractivity contribution in [2.45, 2.75) is 0 Å². The Hall–Kier alpha value is -4.46. The SMILES string of the molecule is COc1cc(C(=O)COC(=O)c2cc(-c3ccncc3)nc3ccccc23)cc(OC)c1OC. The van der Waals surface area contributed by atoms with E-state index in [1.165, 1.54) is 33.5 Å². The van der Waals surface area contributed by atoms with Crippen LogP contribution in [0.4, 0.5) is 0 Å². The average Bonchev–Trinajstić information content (AvgIpc) is 2.90. The number of ketones is 1. The first-order chi connectivity index (χ1) is 16.5. The minimum absolute atomic E-state index is 0.263. The second kappa shape index (κ2) is 9.99. The number of para-hydroxylation sites is 1. The summed E-state index contributed by atoms with van der Waals surface area (Å²) in [5.41, 5.74) is 2.63. The first kappa shape index (κ1) is 22.7. The van der Waals surface area contributed by atoms with Gasteiger partial charge in [0.25, 0.3) is 0 Å². The van der Waals surface area contributed by atoms with Crippen molar-refractivity contribution in [2.75, 3.05) is 27.9 Å². The number of fused-ring (bicyclic) bond motifs is 1. The molecule has 4 rings (SSSR count). The highest BCUT2D eigenvalue weighted by Crippen LogP contribution is 2.38. The molecule has 0 N–H and O–H groups in total. The van der Waals surface area contributed by atoms with E-state index < -0.39 is 18.4 Å². The molecular weight excluding hydrogens is 436 g/mol. The first-order valence-corrected chi connectivity index (χ1v) is 10.4. The molecule has 2 aromatic heterocycles. The molecule has 0 bridgehead atoms. The highest BCUT2D eigenvalue weighted by Gasteiger charge is 2.20. The van der Waals surface area contributed by atoms with Gasteiger partial charge in [0, 0.05) is 28.9 Å². The van der Waals surface area contributed by atoms with Crippen molar-refractivity contribution in [3.63, 3.8) is 0 Å². The van der Waals surface area contributed by atoms with Crippen LogP contribution < -0.4 is 14.2 Å². The predicted molar refractivity (Wildman–Crippen MR) is 126 cm³/mol. The molecule has 0 radical (unpaired) electrons. The smallest absolute Gasteiger partial charge is 0.339 e. The summed E-state index contributed by atoms with van der Waals surface area (Å²) in [5.74, 6) is -0.0160. The van der Waals surface area contributed by atoms with E-state index in [0.29, 0.717) is 39.4 Å². The maximum atomic E-state index is 13.0. The molecule has 2 aromatic carbocycles. The van der Waals surface area contributed by atoms with Crippen molar-refractivity contribution in [3.05, 3.63) is 78.1 Å². The Kier molecular flexibility index (Phi) is 6.68. The van der Waals surface area contributed by atoms with Crippen LogP contribution in [-0.4, -0.2) is 49.7 Å². The molecule has 0 aliphatic rings. The molecule has 8 heteroatoms. The van der Waals surface area contributed by atoms with Gasteiger partial charge in [-0.25, -0.2) is 9.78 Å². The van der Waals surface area contributed by atoms with Gasteiger partial charge in [0.1, 0.15) is 0 Å². The summed E-state index contributed by atoms with van der Waals surface area (Å²) in [6, 6.07) is 15.6. The molecule has 0 aliphatic carbocycles. The van der Waals surface area contributed by atoms with Crippen molar-refractivity contribution in [1.29, 1.82) is 0 Å². The van der Waals surface area contributed by atoms with Crippen molar-refractivity contribution in [3.8, 4) is 28.5 Å². The summed E-state index contributed by atoms with van der Waals surface area (Å²) < 4.78 is 21.3. The third-order valence-corrected chi connectivity index (χ3v) is 5.23. The van der Waals surface area contributed by atoms with Crippen molar-refractivity contribution < 1.29 is 28.5 Å². The van der Waals surface area contributed by atoms with Gasteiger partial charge in [0.05, 0.1) is 38.1 Å².